The molecule has 1 N–H and O–H groups in total. The molecule has 0 aliphatic carbocycles. The predicted octanol–water partition coefficient (Wildman–Crippen LogP) is 0.678. The van der Waals surface area contributed by atoms with Crippen LogP contribution in [0.2, 0.25) is 0 Å². The van der Waals surface area contributed by atoms with Gasteiger partial charge in [-0.2, -0.15) is 5.26 Å². The molecule has 0 radical (unpaired) electrons. The predicted molar refractivity (Wildman–Crippen MR) is 36.0 cm³/mol. The lowest BCUT2D eigenvalue weighted by molar-refractivity contribution is 1.13. The molecule has 0 aliphatic heterocycles. The summed E-state index contributed by atoms with van der Waals surface area (Å²) in [6.07, 6.45) is 5.02. The highest BCUT2D eigenvalue weighted by Gasteiger charge is 1.89. The van der Waals surface area contributed by atoms with Gasteiger partial charge in [0, 0.05) is 12.4 Å². The van der Waals surface area contributed by atoms with Crippen LogP contribution in [0.25, 0.3) is 0 Å². The monoisotopic (exact) mass is 134 g/mol. The molecule has 0 aliphatic rings. The lowest BCUT2D eigenvalue weighted by atomic mass is 10.4. The van der Waals surface area contributed by atoms with Crippen molar-refractivity contribution in [2.24, 2.45) is 0 Å². The average molecular weight is 134 g/mol. The van der Waals surface area contributed by atoms with Gasteiger partial charge < -0.3 is 0 Å². The third-order valence-corrected chi connectivity index (χ3v) is 0.949. The first kappa shape index (κ1) is 6.49. The van der Waals surface area contributed by atoms with E-state index in [4.69, 9.17) is 5.26 Å². The van der Waals surface area contributed by atoms with E-state index in [1.54, 1.807) is 18.6 Å². The van der Waals surface area contributed by atoms with Gasteiger partial charge in [0.25, 0.3) is 0 Å². The van der Waals surface area contributed by atoms with Crippen molar-refractivity contribution in [2.75, 3.05) is 5.32 Å². The molecule has 50 valence electrons. The molecule has 1 aromatic rings. The van der Waals surface area contributed by atoms with Crippen LogP contribution in [0.3, 0.4) is 0 Å². The molecule has 0 amide bonds. The fourth-order valence-corrected chi connectivity index (χ4v) is 0.507. The zero-order chi connectivity index (χ0) is 7.40. The zero-order valence-electron chi connectivity index (χ0n) is 5.50. The summed E-state index contributed by atoms with van der Waals surface area (Å²) in [5.41, 5.74) is 0.975. The molecule has 4 heteroatoms. The fraction of sp³-hybridized carbons (Fsp3) is 0.167. The molecule has 1 heterocycles. The van der Waals surface area contributed by atoms with Crippen LogP contribution in [0.1, 0.15) is 5.56 Å². The number of aromatic nitrogens is 2. The topological polar surface area (TPSA) is 61.6 Å². The zero-order valence-corrected chi connectivity index (χ0v) is 5.50. The first-order chi connectivity index (χ1) is 4.83. The molecule has 0 atom stereocenters. The Labute approximate surface area is 58.5 Å². The van der Waals surface area contributed by atoms with Gasteiger partial charge in [-0.15, -0.1) is 0 Å². The second-order valence-corrected chi connectivity index (χ2v) is 1.82. The highest BCUT2D eigenvalue weighted by Crippen LogP contribution is 1.96. The largest absolute Gasteiger partial charge is 0.261 e. The van der Waals surface area contributed by atoms with Gasteiger partial charge in [-0.1, -0.05) is 0 Å². The number of hydrogen-bond donors (Lipinski definition) is 1. The van der Waals surface area contributed by atoms with E-state index in [-0.39, 0.29) is 0 Å². The number of aryl methyl sites for hydroxylation is 1. The maximum atomic E-state index is 8.15. The Kier molecular flexibility index (Phi) is 1.80. The molecule has 1 aromatic heterocycles. The van der Waals surface area contributed by atoms with Crippen LogP contribution in [0.4, 0.5) is 5.95 Å². The van der Waals surface area contributed by atoms with Crippen LogP contribution >= 0.6 is 0 Å². The standard InChI is InChI=1S/C6H6N4/c1-5-2-8-6(9-3-5)10-4-7/h2-3H,1H3,(H,8,9,10). The summed E-state index contributed by atoms with van der Waals surface area (Å²) in [6.45, 7) is 1.89. The summed E-state index contributed by atoms with van der Waals surface area (Å²) < 4.78 is 0. The van der Waals surface area contributed by atoms with E-state index in [2.05, 4.69) is 15.3 Å². The maximum Gasteiger partial charge on any atom is 0.236 e. The Hall–Kier alpha value is -1.63. The fourth-order valence-electron chi connectivity index (χ4n) is 0.507. The third-order valence-electron chi connectivity index (χ3n) is 0.949. The minimum absolute atomic E-state index is 0.341. The maximum absolute atomic E-state index is 8.15. The Morgan fingerprint density at radius 1 is 1.50 bits per heavy atom. The summed E-state index contributed by atoms with van der Waals surface area (Å²) in [4.78, 5) is 7.65. The van der Waals surface area contributed by atoms with Gasteiger partial charge in [-0.3, -0.25) is 5.32 Å². The highest BCUT2D eigenvalue weighted by atomic mass is 15.1. The second kappa shape index (κ2) is 2.78. The Morgan fingerprint density at radius 2 is 2.10 bits per heavy atom. The van der Waals surface area contributed by atoms with Crippen molar-refractivity contribution >= 4 is 5.95 Å². The minimum Gasteiger partial charge on any atom is -0.261 e. The second-order valence-electron chi connectivity index (χ2n) is 1.82. The van der Waals surface area contributed by atoms with E-state index in [0.717, 1.165) is 5.56 Å². The minimum atomic E-state index is 0.341. The molecule has 0 saturated carbocycles. The lowest BCUT2D eigenvalue weighted by Gasteiger charge is -1.92. The van der Waals surface area contributed by atoms with Gasteiger partial charge in [0.15, 0.2) is 6.19 Å². The van der Waals surface area contributed by atoms with Gasteiger partial charge in [0.2, 0.25) is 5.95 Å². The highest BCUT2D eigenvalue weighted by molar-refractivity contribution is 5.29. The molecule has 1 rings (SSSR count). The van der Waals surface area contributed by atoms with Crippen molar-refractivity contribution in [1.29, 1.82) is 5.26 Å². The SMILES string of the molecule is Cc1cnc(NC#N)nc1. The Bertz CT molecular complexity index is 245. The summed E-state index contributed by atoms with van der Waals surface area (Å²) in [5, 5.41) is 10.5. The van der Waals surface area contributed by atoms with E-state index >= 15 is 0 Å². The molecule has 0 spiro atoms. The smallest absolute Gasteiger partial charge is 0.236 e. The molecular formula is C6H6N4. The van der Waals surface area contributed by atoms with Gasteiger partial charge >= 0.3 is 0 Å². The van der Waals surface area contributed by atoms with Gasteiger partial charge in [-0.05, 0) is 12.5 Å². The van der Waals surface area contributed by atoms with E-state index in [9.17, 15) is 0 Å². The number of hydrogen-bond acceptors (Lipinski definition) is 4. The van der Waals surface area contributed by atoms with Crippen molar-refractivity contribution in [3.63, 3.8) is 0 Å². The van der Waals surface area contributed by atoms with Gasteiger partial charge in [0.05, 0.1) is 0 Å². The first-order valence-electron chi connectivity index (χ1n) is 2.76. The van der Waals surface area contributed by atoms with Crippen LogP contribution in [0.5, 0.6) is 0 Å². The summed E-state index contributed by atoms with van der Waals surface area (Å²) in [5.74, 6) is 0.341. The number of nitrogens with zero attached hydrogens (tertiary/aromatic N) is 3. The quantitative estimate of drug-likeness (QED) is 0.453. The molecule has 0 aromatic carbocycles. The van der Waals surface area contributed by atoms with Crippen LogP contribution in [-0.4, -0.2) is 9.97 Å². The van der Waals surface area contributed by atoms with Gasteiger partial charge in [-0.25, -0.2) is 9.97 Å². The van der Waals surface area contributed by atoms with E-state index < -0.39 is 0 Å². The van der Waals surface area contributed by atoms with Gasteiger partial charge in [0.1, 0.15) is 0 Å². The normalized spacial score (nSPS) is 8.40. The Balaban J connectivity index is 2.81. The van der Waals surface area contributed by atoms with Crippen molar-refractivity contribution < 1.29 is 0 Å². The van der Waals surface area contributed by atoms with Crippen LogP contribution in [-0.2, 0) is 0 Å². The molecule has 0 unspecified atom stereocenters. The summed E-state index contributed by atoms with van der Waals surface area (Å²) in [6, 6.07) is 0. The van der Waals surface area contributed by atoms with Crippen LogP contribution in [0, 0.1) is 18.4 Å². The average Bonchev–Trinajstić information content (AvgIpc) is 1.95. The summed E-state index contributed by atoms with van der Waals surface area (Å²) in [7, 11) is 0. The number of nitrogens with one attached hydrogen (secondary N) is 1. The lowest BCUT2D eigenvalue weighted by Crippen LogP contribution is -1.94. The molecular weight excluding hydrogens is 128 g/mol. The number of nitriles is 1. The third kappa shape index (κ3) is 1.42. The molecule has 4 nitrogen and oxygen atoms in total. The van der Waals surface area contributed by atoms with Crippen molar-refractivity contribution in [2.45, 2.75) is 6.92 Å². The van der Waals surface area contributed by atoms with E-state index in [1.165, 1.54) is 0 Å². The van der Waals surface area contributed by atoms with Crippen molar-refractivity contribution in [3.8, 4) is 6.19 Å². The first-order valence-corrected chi connectivity index (χ1v) is 2.76. The molecule has 10 heavy (non-hydrogen) atoms. The molecule has 0 saturated heterocycles. The molecule has 0 bridgehead atoms. The van der Waals surface area contributed by atoms with Crippen molar-refractivity contribution in [3.05, 3.63) is 18.0 Å². The Morgan fingerprint density at radius 3 is 2.60 bits per heavy atom. The number of anilines is 1. The van der Waals surface area contributed by atoms with Crippen LogP contribution < -0.4 is 5.32 Å². The van der Waals surface area contributed by atoms with E-state index in [0.29, 0.717) is 5.95 Å². The van der Waals surface area contributed by atoms with E-state index in [1.807, 2.05) is 6.92 Å². The number of rotatable bonds is 1. The van der Waals surface area contributed by atoms with Crippen LogP contribution in [0.15, 0.2) is 12.4 Å². The summed E-state index contributed by atoms with van der Waals surface area (Å²) >= 11 is 0. The van der Waals surface area contributed by atoms with Crippen molar-refractivity contribution in [1.82, 2.24) is 9.97 Å². The molecule has 0 fully saturated rings.